The van der Waals surface area contributed by atoms with Crippen LogP contribution in [-0.2, 0) is 9.59 Å². The van der Waals surface area contributed by atoms with E-state index in [4.69, 9.17) is 4.74 Å². The first kappa shape index (κ1) is 20.2. The smallest absolute Gasteiger partial charge is 0.278 e. The summed E-state index contributed by atoms with van der Waals surface area (Å²) < 4.78 is 5.88. The van der Waals surface area contributed by atoms with Gasteiger partial charge in [0.1, 0.15) is 5.75 Å². The van der Waals surface area contributed by atoms with Crippen LogP contribution in [0.3, 0.4) is 0 Å². The molecule has 2 heterocycles. The minimum absolute atomic E-state index is 0.0193. The van der Waals surface area contributed by atoms with Crippen molar-refractivity contribution in [3.63, 3.8) is 0 Å². The molecule has 1 saturated heterocycles. The number of likely N-dealkylation sites (N-methyl/N-ethyl adjacent to an activating group) is 1. The van der Waals surface area contributed by atoms with Crippen LogP contribution in [0.25, 0.3) is 0 Å². The van der Waals surface area contributed by atoms with Gasteiger partial charge in [0.25, 0.3) is 17.4 Å². The first-order valence-electron chi connectivity index (χ1n) is 10.7. The molecule has 2 N–H and O–H groups in total. The van der Waals surface area contributed by atoms with Crippen molar-refractivity contribution in [1.82, 2.24) is 15.1 Å². The lowest BCUT2D eigenvalue weighted by atomic mass is 9.79. The second kappa shape index (κ2) is 7.95. The Balaban J connectivity index is 1.47. The molecule has 1 unspecified atom stereocenters. The zero-order valence-electron chi connectivity index (χ0n) is 17.5. The molecule has 0 spiro atoms. The van der Waals surface area contributed by atoms with E-state index in [1.165, 1.54) is 19.3 Å². The molecular weight excluding hydrogens is 368 g/mol. The monoisotopic (exact) mass is 400 g/mol. The van der Waals surface area contributed by atoms with E-state index in [9.17, 15) is 9.59 Å². The van der Waals surface area contributed by atoms with E-state index in [2.05, 4.69) is 27.5 Å². The van der Waals surface area contributed by atoms with E-state index < -0.39 is 11.5 Å². The molecule has 2 fully saturated rings. The van der Waals surface area contributed by atoms with Crippen LogP contribution in [-0.4, -0.2) is 72.5 Å². The fourth-order valence-corrected chi connectivity index (χ4v) is 4.83. The van der Waals surface area contributed by atoms with E-state index in [1.54, 1.807) is 19.1 Å². The van der Waals surface area contributed by atoms with Crippen molar-refractivity contribution < 1.29 is 14.3 Å². The fourth-order valence-electron chi connectivity index (χ4n) is 4.83. The Labute approximate surface area is 172 Å². The number of nitrogens with one attached hydrogen (secondary N) is 2. The van der Waals surface area contributed by atoms with Gasteiger partial charge in [0, 0.05) is 38.3 Å². The number of ether oxygens (including phenoxy) is 1. The van der Waals surface area contributed by atoms with Crippen molar-refractivity contribution in [1.29, 1.82) is 0 Å². The Hall–Kier alpha value is -2.12. The molecule has 0 radical (unpaired) electrons. The van der Waals surface area contributed by atoms with Crippen LogP contribution in [0.1, 0.15) is 39.0 Å². The third-order valence-electron chi connectivity index (χ3n) is 6.85. The highest BCUT2D eigenvalue weighted by Gasteiger charge is 2.48. The molecule has 1 atom stereocenters. The van der Waals surface area contributed by atoms with Crippen molar-refractivity contribution in [2.75, 3.05) is 45.1 Å². The maximum absolute atomic E-state index is 13.1. The summed E-state index contributed by atoms with van der Waals surface area (Å²) in [6.07, 6.45) is 5.80. The molecular formula is C22H32N4O3. The quantitative estimate of drug-likeness (QED) is 0.755. The highest BCUT2D eigenvalue weighted by molar-refractivity contribution is 6.15. The summed E-state index contributed by atoms with van der Waals surface area (Å²) in [5.74, 6) is -0.272. The lowest BCUT2D eigenvalue weighted by Crippen LogP contribution is -2.64. The van der Waals surface area contributed by atoms with Crippen LogP contribution >= 0.6 is 0 Å². The second-order valence-electron chi connectivity index (χ2n) is 8.84. The number of rotatable bonds is 4. The number of hydrogen-bond acceptors (Lipinski definition) is 5. The lowest BCUT2D eigenvalue weighted by Gasteiger charge is -2.50. The van der Waals surface area contributed by atoms with Gasteiger partial charge < -0.3 is 20.3 Å². The van der Waals surface area contributed by atoms with E-state index in [0.717, 1.165) is 39.0 Å². The van der Waals surface area contributed by atoms with Gasteiger partial charge in [-0.2, -0.15) is 0 Å². The molecule has 2 aliphatic heterocycles. The maximum atomic E-state index is 13.1. The minimum Gasteiger partial charge on any atom is -0.466 e. The molecule has 7 heteroatoms. The van der Waals surface area contributed by atoms with Gasteiger partial charge in [-0.1, -0.05) is 31.4 Å². The van der Waals surface area contributed by atoms with Crippen molar-refractivity contribution in [3.8, 4) is 5.75 Å². The number of carbonyl (C=O) groups excluding carboxylic acids is 2. The van der Waals surface area contributed by atoms with E-state index in [-0.39, 0.29) is 11.4 Å². The van der Waals surface area contributed by atoms with E-state index in [1.807, 2.05) is 12.1 Å². The SMILES string of the molecule is CN1CCN(C2(CNC(=O)C3(C)Oc4ccccc4NC3=O)CCCCC2)CC1. The Morgan fingerprint density at radius 3 is 2.55 bits per heavy atom. The normalized spacial score (nSPS) is 27.4. The van der Waals surface area contributed by atoms with Crippen LogP contribution in [0.2, 0.25) is 0 Å². The van der Waals surface area contributed by atoms with Crippen molar-refractivity contribution in [2.24, 2.45) is 0 Å². The topological polar surface area (TPSA) is 73.9 Å². The Bertz CT molecular complexity index is 769. The minimum atomic E-state index is -1.56. The number of benzene rings is 1. The third-order valence-corrected chi connectivity index (χ3v) is 6.85. The maximum Gasteiger partial charge on any atom is 0.278 e. The number of piperazine rings is 1. The number of hydrogen-bond donors (Lipinski definition) is 2. The number of para-hydroxylation sites is 2. The van der Waals surface area contributed by atoms with E-state index >= 15 is 0 Å². The number of carbonyl (C=O) groups is 2. The summed E-state index contributed by atoms with van der Waals surface area (Å²) in [6, 6.07) is 7.20. The summed E-state index contributed by atoms with van der Waals surface area (Å²) in [7, 11) is 2.16. The fraction of sp³-hybridized carbons (Fsp3) is 0.636. The second-order valence-corrected chi connectivity index (χ2v) is 8.84. The summed E-state index contributed by atoms with van der Waals surface area (Å²) in [6.45, 7) is 6.26. The Morgan fingerprint density at radius 1 is 1.14 bits per heavy atom. The summed E-state index contributed by atoms with van der Waals surface area (Å²) in [5.41, 5.74) is -0.982. The van der Waals surface area contributed by atoms with Gasteiger partial charge in [-0.3, -0.25) is 14.5 Å². The molecule has 1 aromatic rings. The van der Waals surface area contributed by atoms with Gasteiger partial charge in [-0.15, -0.1) is 0 Å². The van der Waals surface area contributed by atoms with E-state index in [0.29, 0.717) is 18.0 Å². The highest BCUT2D eigenvalue weighted by atomic mass is 16.5. The number of anilines is 1. The van der Waals surface area contributed by atoms with Crippen molar-refractivity contribution in [3.05, 3.63) is 24.3 Å². The summed E-state index contributed by atoms with van der Waals surface area (Å²) >= 11 is 0. The van der Waals surface area contributed by atoms with Crippen molar-refractivity contribution >= 4 is 17.5 Å². The number of nitrogens with zero attached hydrogens (tertiary/aromatic N) is 2. The molecule has 2 amide bonds. The van der Waals surface area contributed by atoms with Crippen LogP contribution in [0, 0.1) is 0 Å². The summed E-state index contributed by atoms with van der Waals surface area (Å²) in [5, 5.41) is 5.90. The third kappa shape index (κ3) is 3.85. The standard InChI is InChI=1S/C22H32N4O3/c1-21(20(28)24-17-8-4-5-9-18(17)29-21)19(27)23-16-22(10-6-3-7-11-22)26-14-12-25(2)13-15-26/h4-5,8-9H,3,6-7,10-16H2,1-2H3,(H,23,27)(H,24,28). The molecule has 1 aromatic carbocycles. The van der Waals surface area contributed by atoms with Crippen LogP contribution in [0.4, 0.5) is 5.69 Å². The zero-order valence-corrected chi connectivity index (χ0v) is 17.5. The van der Waals surface area contributed by atoms with Gasteiger partial charge in [0.05, 0.1) is 5.69 Å². The molecule has 3 aliphatic rings. The first-order valence-corrected chi connectivity index (χ1v) is 10.7. The average Bonchev–Trinajstić information content (AvgIpc) is 2.74. The van der Waals surface area contributed by atoms with Gasteiger partial charge >= 0.3 is 0 Å². The van der Waals surface area contributed by atoms with Gasteiger partial charge in [-0.05, 0) is 38.9 Å². The number of amides is 2. The predicted octanol–water partition coefficient (Wildman–Crippen LogP) is 1.84. The molecule has 1 aliphatic carbocycles. The molecule has 0 bridgehead atoms. The van der Waals surface area contributed by atoms with Gasteiger partial charge in [0.15, 0.2) is 0 Å². The largest absolute Gasteiger partial charge is 0.466 e. The molecule has 0 aromatic heterocycles. The Morgan fingerprint density at radius 2 is 1.83 bits per heavy atom. The summed E-state index contributed by atoms with van der Waals surface area (Å²) in [4.78, 5) is 30.7. The molecule has 4 rings (SSSR count). The molecule has 158 valence electrons. The van der Waals surface area contributed by atoms with Crippen molar-refractivity contribution in [2.45, 2.75) is 50.2 Å². The molecule has 29 heavy (non-hydrogen) atoms. The average molecular weight is 401 g/mol. The van der Waals surface area contributed by atoms with Gasteiger partial charge in [-0.25, -0.2) is 0 Å². The molecule has 7 nitrogen and oxygen atoms in total. The van der Waals surface area contributed by atoms with Crippen LogP contribution in [0.5, 0.6) is 5.75 Å². The van der Waals surface area contributed by atoms with Gasteiger partial charge in [0.2, 0.25) is 0 Å². The predicted molar refractivity (Wildman–Crippen MR) is 112 cm³/mol. The highest BCUT2D eigenvalue weighted by Crippen LogP contribution is 2.35. The molecule has 1 saturated carbocycles. The lowest BCUT2D eigenvalue weighted by molar-refractivity contribution is -0.147. The zero-order chi connectivity index (χ0) is 20.5. The Kier molecular flexibility index (Phi) is 5.53. The van der Waals surface area contributed by atoms with Crippen LogP contribution < -0.4 is 15.4 Å². The first-order chi connectivity index (χ1) is 13.9. The van der Waals surface area contributed by atoms with Crippen LogP contribution in [0.15, 0.2) is 24.3 Å². The number of fused-ring (bicyclic) bond motifs is 1.